The van der Waals surface area contributed by atoms with E-state index < -0.39 is 23.8 Å². The van der Waals surface area contributed by atoms with E-state index in [-0.39, 0.29) is 34.8 Å². The monoisotopic (exact) mass is 400 g/mol. The lowest BCUT2D eigenvalue weighted by Crippen LogP contribution is -2.19. The van der Waals surface area contributed by atoms with Crippen molar-refractivity contribution in [1.82, 2.24) is 0 Å². The number of esters is 1. The second kappa shape index (κ2) is 9.32. The first kappa shape index (κ1) is 21.4. The van der Waals surface area contributed by atoms with Crippen molar-refractivity contribution in [2.24, 2.45) is 0 Å². The standard InChI is InChI=1S/C21H20O8/c1-2-19(14(11-20(26)27)13-5-7-16(23)18(25)10-13)29-21(28)8-4-12-3-6-15(22)17(24)9-12/h3-11,19,22-25H,2H2,1H3,(H,26,27)/b8-4+,14-11+. The van der Waals surface area contributed by atoms with Crippen LogP contribution in [0.2, 0.25) is 0 Å². The summed E-state index contributed by atoms with van der Waals surface area (Å²) in [6.07, 6.45) is 2.65. The van der Waals surface area contributed by atoms with Crippen LogP contribution in [0.25, 0.3) is 11.6 Å². The molecule has 0 saturated carbocycles. The summed E-state index contributed by atoms with van der Waals surface area (Å²) in [5.41, 5.74) is 0.851. The number of carbonyl (C=O) groups is 2. The number of aromatic hydroxyl groups is 4. The molecule has 1 atom stereocenters. The molecule has 0 aliphatic carbocycles. The highest BCUT2D eigenvalue weighted by atomic mass is 16.5. The van der Waals surface area contributed by atoms with E-state index in [1.807, 2.05) is 0 Å². The van der Waals surface area contributed by atoms with Gasteiger partial charge in [-0.2, -0.15) is 0 Å². The molecule has 0 aromatic heterocycles. The number of hydrogen-bond donors (Lipinski definition) is 5. The van der Waals surface area contributed by atoms with Gasteiger partial charge in [-0.05, 0) is 47.9 Å². The quantitative estimate of drug-likeness (QED) is 0.271. The third-order valence-electron chi connectivity index (χ3n) is 3.98. The Labute approximate surface area is 166 Å². The number of benzene rings is 2. The molecule has 2 aromatic rings. The highest BCUT2D eigenvalue weighted by molar-refractivity contribution is 5.93. The molecule has 1 unspecified atom stereocenters. The molecule has 0 amide bonds. The number of aliphatic carboxylic acids is 1. The fourth-order valence-electron chi connectivity index (χ4n) is 2.55. The molecule has 0 radical (unpaired) electrons. The highest BCUT2D eigenvalue weighted by Crippen LogP contribution is 2.31. The topological polar surface area (TPSA) is 145 Å². The fraction of sp³-hybridized carbons (Fsp3) is 0.143. The Morgan fingerprint density at radius 1 is 0.966 bits per heavy atom. The zero-order valence-electron chi connectivity index (χ0n) is 15.4. The fourth-order valence-corrected chi connectivity index (χ4v) is 2.55. The minimum atomic E-state index is -1.27. The van der Waals surface area contributed by atoms with Crippen LogP contribution in [0.4, 0.5) is 0 Å². The number of hydrogen-bond acceptors (Lipinski definition) is 7. The Hall–Kier alpha value is -3.94. The predicted molar refractivity (Wildman–Crippen MR) is 104 cm³/mol. The molecule has 152 valence electrons. The van der Waals surface area contributed by atoms with Gasteiger partial charge in [0.05, 0.1) is 0 Å². The number of carbonyl (C=O) groups excluding carboxylic acids is 1. The van der Waals surface area contributed by atoms with Crippen molar-refractivity contribution < 1.29 is 39.9 Å². The van der Waals surface area contributed by atoms with E-state index in [0.29, 0.717) is 5.56 Å². The van der Waals surface area contributed by atoms with Crippen LogP contribution in [-0.4, -0.2) is 43.6 Å². The second-order valence-corrected chi connectivity index (χ2v) is 6.06. The van der Waals surface area contributed by atoms with E-state index in [1.165, 1.54) is 42.5 Å². The summed E-state index contributed by atoms with van der Waals surface area (Å²) in [7, 11) is 0. The Morgan fingerprint density at radius 2 is 1.59 bits per heavy atom. The minimum Gasteiger partial charge on any atom is -0.504 e. The lowest BCUT2D eigenvalue weighted by molar-refractivity contribution is -0.140. The average Bonchev–Trinajstić information content (AvgIpc) is 2.67. The minimum absolute atomic E-state index is 0.138. The number of phenolic OH excluding ortho intramolecular Hbond substituents is 4. The molecule has 0 aliphatic rings. The maximum absolute atomic E-state index is 12.2. The molecule has 0 bridgehead atoms. The molecule has 0 aliphatic heterocycles. The Balaban J connectivity index is 2.24. The van der Waals surface area contributed by atoms with E-state index >= 15 is 0 Å². The molecule has 5 N–H and O–H groups in total. The average molecular weight is 400 g/mol. The van der Waals surface area contributed by atoms with Crippen molar-refractivity contribution in [3.63, 3.8) is 0 Å². The number of carboxylic acid groups (broad SMARTS) is 1. The molecule has 0 heterocycles. The third-order valence-corrected chi connectivity index (χ3v) is 3.98. The smallest absolute Gasteiger partial charge is 0.331 e. The lowest BCUT2D eigenvalue weighted by Gasteiger charge is -2.19. The van der Waals surface area contributed by atoms with Gasteiger partial charge < -0.3 is 30.3 Å². The van der Waals surface area contributed by atoms with E-state index in [9.17, 15) is 30.0 Å². The van der Waals surface area contributed by atoms with Crippen LogP contribution in [0.3, 0.4) is 0 Å². The van der Waals surface area contributed by atoms with Crippen LogP contribution >= 0.6 is 0 Å². The summed E-state index contributed by atoms with van der Waals surface area (Å²) < 4.78 is 5.35. The zero-order chi connectivity index (χ0) is 21.6. The Kier molecular flexibility index (Phi) is 6.86. The summed E-state index contributed by atoms with van der Waals surface area (Å²) in [4.78, 5) is 23.4. The molecule has 2 rings (SSSR count). The Bertz CT molecular complexity index is 975. The summed E-state index contributed by atoms with van der Waals surface area (Å²) >= 11 is 0. The van der Waals surface area contributed by atoms with Gasteiger partial charge in [0.25, 0.3) is 0 Å². The van der Waals surface area contributed by atoms with Crippen molar-refractivity contribution in [3.05, 3.63) is 59.7 Å². The van der Waals surface area contributed by atoms with Crippen molar-refractivity contribution in [3.8, 4) is 23.0 Å². The zero-order valence-corrected chi connectivity index (χ0v) is 15.4. The molecule has 0 spiro atoms. The third kappa shape index (κ3) is 5.77. The summed E-state index contributed by atoms with van der Waals surface area (Å²) in [6, 6.07) is 7.77. The largest absolute Gasteiger partial charge is 0.504 e. The SMILES string of the molecule is CCC(OC(=O)/C=C/c1ccc(O)c(O)c1)/C(=C/C(=O)O)c1ccc(O)c(O)c1. The van der Waals surface area contributed by atoms with E-state index in [1.54, 1.807) is 6.92 Å². The van der Waals surface area contributed by atoms with Crippen molar-refractivity contribution in [2.45, 2.75) is 19.4 Å². The first-order chi connectivity index (χ1) is 13.7. The van der Waals surface area contributed by atoms with Crippen LogP contribution in [-0.2, 0) is 14.3 Å². The van der Waals surface area contributed by atoms with Gasteiger partial charge in [-0.1, -0.05) is 19.1 Å². The van der Waals surface area contributed by atoms with Crippen LogP contribution in [0.5, 0.6) is 23.0 Å². The van der Waals surface area contributed by atoms with Crippen molar-refractivity contribution in [1.29, 1.82) is 0 Å². The first-order valence-electron chi connectivity index (χ1n) is 8.58. The second-order valence-electron chi connectivity index (χ2n) is 6.06. The van der Waals surface area contributed by atoms with E-state index in [2.05, 4.69) is 0 Å². The van der Waals surface area contributed by atoms with Crippen LogP contribution in [0.1, 0.15) is 24.5 Å². The van der Waals surface area contributed by atoms with Gasteiger partial charge >= 0.3 is 11.9 Å². The molecule has 8 heteroatoms. The Morgan fingerprint density at radius 3 is 2.14 bits per heavy atom. The maximum Gasteiger partial charge on any atom is 0.331 e. The molecular formula is C21H20O8. The number of rotatable bonds is 7. The van der Waals surface area contributed by atoms with Crippen LogP contribution < -0.4 is 0 Å². The number of carboxylic acids is 1. The van der Waals surface area contributed by atoms with Crippen LogP contribution in [0, 0.1) is 0 Å². The molecule has 29 heavy (non-hydrogen) atoms. The van der Waals surface area contributed by atoms with Gasteiger partial charge in [-0.25, -0.2) is 9.59 Å². The number of ether oxygens (including phenoxy) is 1. The van der Waals surface area contributed by atoms with Crippen LogP contribution in [0.15, 0.2) is 48.6 Å². The molecule has 8 nitrogen and oxygen atoms in total. The van der Waals surface area contributed by atoms with E-state index in [0.717, 1.165) is 12.2 Å². The van der Waals surface area contributed by atoms with Crippen molar-refractivity contribution >= 4 is 23.6 Å². The van der Waals surface area contributed by atoms with Gasteiger partial charge in [0.15, 0.2) is 23.0 Å². The number of phenols is 4. The first-order valence-corrected chi connectivity index (χ1v) is 8.58. The summed E-state index contributed by atoms with van der Waals surface area (Å²) in [5.74, 6) is -3.47. The molecular weight excluding hydrogens is 380 g/mol. The van der Waals surface area contributed by atoms with E-state index in [4.69, 9.17) is 9.84 Å². The molecule has 0 saturated heterocycles. The lowest BCUT2D eigenvalue weighted by atomic mass is 9.97. The van der Waals surface area contributed by atoms with Gasteiger partial charge in [0, 0.05) is 17.7 Å². The van der Waals surface area contributed by atoms with Gasteiger partial charge in [0.2, 0.25) is 0 Å². The molecule has 2 aromatic carbocycles. The molecule has 0 fully saturated rings. The van der Waals surface area contributed by atoms with Gasteiger partial charge in [-0.3, -0.25) is 0 Å². The summed E-state index contributed by atoms with van der Waals surface area (Å²) in [6.45, 7) is 1.69. The predicted octanol–water partition coefficient (Wildman–Crippen LogP) is 3.01. The highest BCUT2D eigenvalue weighted by Gasteiger charge is 2.20. The van der Waals surface area contributed by atoms with Crippen molar-refractivity contribution in [2.75, 3.05) is 0 Å². The summed E-state index contributed by atoms with van der Waals surface area (Å²) in [5, 5.41) is 47.1. The normalized spacial score (nSPS) is 12.7. The van der Waals surface area contributed by atoms with Gasteiger partial charge in [0.1, 0.15) is 6.10 Å². The van der Waals surface area contributed by atoms with Gasteiger partial charge in [-0.15, -0.1) is 0 Å². The maximum atomic E-state index is 12.2.